The van der Waals surface area contributed by atoms with Gasteiger partial charge in [0.1, 0.15) is 12.1 Å². The standard InChI is InChI=1S/C18H29N5O2/c1-22-15(5-3-4-6-18(22)24)12-23-9-7-14(8-10-23)21-16-11-17(25-2)20-13-19-16/h11,13-15H,3-10,12H2,1-2H3,(H,19,20,21). The van der Waals surface area contributed by atoms with Crippen LogP contribution >= 0.6 is 0 Å². The van der Waals surface area contributed by atoms with Crippen molar-refractivity contribution in [3.8, 4) is 5.88 Å². The topological polar surface area (TPSA) is 70.6 Å². The Morgan fingerprint density at radius 2 is 2.04 bits per heavy atom. The smallest absolute Gasteiger partial charge is 0.222 e. The zero-order valence-corrected chi connectivity index (χ0v) is 15.3. The number of carbonyl (C=O) groups is 1. The number of rotatable bonds is 5. The zero-order chi connectivity index (χ0) is 17.6. The number of carbonyl (C=O) groups excluding carboxylic acids is 1. The van der Waals surface area contributed by atoms with E-state index < -0.39 is 0 Å². The fraction of sp³-hybridized carbons (Fsp3) is 0.722. The van der Waals surface area contributed by atoms with E-state index in [9.17, 15) is 4.79 Å². The molecule has 0 spiro atoms. The van der Waals surface area contributed by atoms with Gasteiger partial charge in [0.05, 0.1) is 7.11 Å². The summed E-state index contributed by atoms with van der Waals surface area (Å²) in [5.41, 5.74) is 0. The van der Waals surface area contributed by atoms with Crippen molar-refractivity contribution in [2.24, 2.45) is 0 Å². The molecule has 2 saturated heterocycles. The number of nitrogens with one attached hydrogen (secondary N) is 1. The van der Waals surface area contributed by atoms with Gasteiger partial charge in [0, 0.05) is 51.3 Å². The fourth-order valence-corrected chi connectivity index (χ4v) is 3.74. The largest absolute Gasteiger partial charge is 0.481 e. The molecule has 3 heterocycles. The fourth-order valence-electron chi connectivity index (χ4n) is 3.74. The maximum absolute atomic E-state index is 12.0. The van der Waals surface area contributed by atoms with Crippen LogP contribution in [0.3, 0.4) is 0 Å². The second-order valence-corrected chi connectivity index (χ2v) is 7.07. The molecule has 3 rings (SSSR count). The highest BCUT2D eigenvalue weighted by Gasteiger charge is 2.27. The summed E-state index contributed by atoms with van der Waals surface area (Å²) in [7, 11) is 3.58. The third-order valence-corrected chi connectivity index (χ3v) is 5.38. The third kappa shape index (κ3) is 4.81. The lowest BCUT2D eigenvalue weighted by molar-refractivity contribution is -0.131. The Morgan fingerprint density at radius 1 is 1.24 bits per heavy atom. The highest BCUT2D eigenvalue weighted by molar-refractivity contribution is 5.76. The van der Waals surface area contributed by atoms with Crippen LogP contribution in [0, 0.1) is 0 Å². The van der Waals surface area contributed by atoms with E-state index in [4.69, 9.17) is 4.74 Å². The van der Waals surface area contributed by atoms with Crippen molar-refractivity contribution in [3.63, 3.8) is 0 Å². The quantitative estimate of drug-likeness (QED) is 0.875. The number of amides is 1. The molecule has 2 aliphatic heterocycles. The van der Waals surface area contributed by atoms with Gasteiger partial charge in [-0.1, -0.05) is 6.42 Å². The molecule has 1 amide bonds. The average molecular weight is 347 g/mol. The molecule has 0 bridgehead atoms. The number of likely N-dealkylation sites (tertiary alicyclic amines) is 2. The van der Waals surface area contributed by atoms with Crippen molar-refractivity contribution >= 4 is 11.7 Å². The lowest BCUT2D eigenvalue weighted by atomic mass is 10.0. The number of hydrogen-bond acceptors (Lipinski definition) is 6. The highest BCUT2D eigenvalue weighted by Crippen LogP contribution is 2.21. The molecule has 138 valence electrons. The number of nitrogens with zero attached hydrogens (tertiary/aromatic N) is 4. The first-order valence-electron chi connectivity index (χ1n) is 9.26. The molecule has 1 aromatic heterocycles. The number of hydrogen-bond donors (Lipinski definition) is 1. The summed E-state index contributed by atoms with van der Waals surface area (Å²) >= 11 is 0. The second kappa shape index (κ2) is 8.47. The Kier molecular flexibility index (Phi) is 6.07. The van der Waals surface area contributed by atoms with Crippen LogP contribution in [0.1, 0.15) is 38.5 Å². The normalized spacial score (nSPS) is 23.4. The molecule has 2 fully saturated rings. The molecular weight excluding hydrogens is 318 g/mol. The van der Waals surface area contributed by atoms with Gasteiger partial charge in [-0.25, -0.2) is 9.97 Å². The predicted octanol–water partition coefficient (Wildman–Crippen LogP) is 1.76. The molecule has 1 aromatic rings. The van der Waals surface area contributed by atoms with E-state index in [2.05, 4.69) is 20.2 Å². The van der Waals surface area contributed by atoms with Crippen LogP contribution < -0.4 is 10.1 Å². The van der Waals surface area contributed by atoms with Gasteiger partial charge < -0.3 is 19.9 Å². The SMILES string of the molecule is COc1cc(NC2CCN(CC3CCCCC(=O)N3C)CC2)ncn1. The molecule has 0 saturated carbocycles. The predicted molar refractivity (Wildman–Crippen MR) is 96.7 cm³/mol. The number of ether oxygens (including phenoxy) is 1. The molecule has 1 atom stereocenters. The van der Waals surface area contributed by atoms with E-state index in [1.165, 1.54) is 6.33 Å². The summed E-state index contributed by atoms with van der Waals surface area (Å²) < 4.78 is 5.14. The van der Waals surface area contributed by atoms with E-state index in [1.54, 1.807) is 7.11 Å². The van der Waals surface area contributed by atoms with E-state index in [0.717, 1.165) is 57.6 Å². The van der Waals surface area contributed by atoms with Crippen LogP contribution in [-0.4, -0.2) is 71.6 Å². The molecular formula is C18H29N5O2. The Labute approximate surface area is 149 Å². The molecule has 1 unspecified atom stereocenters. The minimum atomic E-state index is 0.303. The average Bonchev–Trinajstić information content (AvgIpc) is 2.79. The maximum Gasteiger partial charge on any atom is 0.222 e. The van der Waals surface area contributed by atoms with Gasteiger partial charge in [-0.3, -0.25) is 4.79 Å². The zero-order valence-electron chi connectivity index (χ0n) is 15.3. The van der Waals surface area contributed by atoms with Crippen molar-refractivity contribution in [1.29, 1.82) is 0 Å². The molecule has 7 heteroatoms. The van der Waals surface area contributed by atoms with Gasteiger partial charge in [0.25, 0.3) is 0 Å². The summed E-state index contributed by atoms with van der Waals surface area (Å²) in [5, 5.41) is 3.48. The Bertz CT molecular complexity index is 574. The maximum atomic E-state index is 12.0. The second-order valence-electron chi connectivity index (χ2n) is 7.07. The highest BCUT2D eigenvalue weighted by atomic mass is 16.5. The van der Waals surface area contributed by atoms with Crippen molar-refractivity contribution in [3.05, 3.63) is 12.4 Å². The van der Waals surface area contributed by atoms with Gasteiger partial charge in [0.2, 0.25) is 11.8 Å². The van der Waals surface area contributed by atoms with Gasteiger partial charge >= 0.3 is 0 Å². The minimum Gasteiger partial charge on any atom is -0.481 e. The van der Waals surface area contributed by atoms with Crippen LogP contribution in [0.2, 0.25) is 0 Å². The van der Waals surface area contributed by atoms with Crippen LogP contribution in [0.25, 0.3) is 0 Å². The summed E-state index contributed by atoms with van der Waals surface area (Å²) in [5.74, 6) is 1.70. The summed E-state index contributed by atoms with van der Waals surface area (Å²) in [6.45, 7) is 3.10. The molecule has 25 heavy (non-hydrogen) atoms. The number of likely N-dealkylation sites (N-methyl/N-ethyl adjacent to an activating group) is 1. The lowest BCUT2D eigenvalue weighted by Crippen LogP contribution is -2.47. The van der Waals surface area contributed by atoms with E-state index in [-0.39, 0.29) is 0 Å². The van der Waals surface area contributed by atoms with E-state index in [1.807, 2.05) is 18.0 Å². The molecule has 0 radical (unpaired) electrons. The number of anilines is 1. The minimum absolute atomic E-state index is 0.303. The lowest BCUT2D eigenvalue weighted by Gasteiger charge is -2.37. The summed E-state index contributed by atoms with van der Waals surface area (Å²) in [6, 6.07) is 2.62. The van der Waals surface area contributed by atoms with Crippen LogP contribution in [0.5, 0.6) is 5.88 Å². The van der Waals surface area contributed by atoms with Crippen LogP contribution in [-0.2, 0) is 4.79 Å². The Hall–Kier alpha value is -1.89. The number of methoxy groups -OCH3 is 1. The third-order valence-electron chi connectivity index (χ3n) is 5.38. The molecule has 1 N–H and O–H groups in total. The number of aromatic nitrogens is 2. The van der Waals surface area contributed by atoms with Gasteiger partial charge in [-0.05, 0) is 25.7 Å². The Balaban J connectivity index is 1.47. The molecule has 0 aromatic carbocycles. The van der Waals surface area contributed by atoms with E-state index >= 15 is 0 Å². The van der Waals surface area contributed by atoms with Gasteiger partial charge in [-0.2, -0.15) is 0 Å². The first-order chi connectivity index (χ1) is 12.2. The van der Waals surface area contributed by atoms with Crippen molar-refractivity contribution in [2.45, 2.75) is 50.6 Å². The first-order valence-corrected chi connectivity index (χ1v) is 9.26. The van der Waals surface area contributed by atoms with Gasteiger partial charge in [0.15, 0.2) is 0 Å². The monoisotopic (exact) mass is 347 g/mol. The Morgan fingerprint density at radius 3 is 2.80 bits per heavy atom. The van der Waals surface area contributed by atoms with Crippen molar-refractivity contribution in [2.75, 3.05) is 39.1 Å². The van der Waals surface area contributed by atoms with E-state index in [0.29, 0.717) is 30.3 Å². The summed E-state index contributed by atoms with van der Waals surface area (Å²) in [4.78, 5) is 24.8. The number of piperidine rings is 1. The van der Waals surface area contributed by atoms with Crippen molar-refractivity contribution < 1.29 is 9.53 Å². The van der Waals surface area contributed by atoms with Gasteiger partial charge in [-0.15, -0.1) is 0 Å². The van der Waals surface area contributed by atoms with Crippen molar-refractivity contribution in [1.82, 2.24) is 19.8 Å². The molecule has 2 aliphatic rings. The van der Waals surface area contributed by atoms with Crippen LogP contribution in [0.15, 0.2) is 12.4 Å². The van der Waals surface area contributed by atoms with Crippen LogP contribution in [0.4, 0.5) is 5.82 Å². The first kappa shape index (κ1) is 17.9. The molecule has 7 nitrogen and oxygen atoms in total. The summed E-state index contributed by atoms with van der Waals surface area (Å²) in [6.07, 6.45) is 7.72. The molecule has 0 aliphatic carbocycles.